The van der Waals surface area contributed by atoms with E-state index in [2.05, 4.69) is 143 Å². The highest BCUT2D eigenvalue weighted by molar-refractivity contribution is 7.81. The lowest BCUT2D eigenvalue weighted by Gasteiger charge is -2.18. The van der Waals surface area contributed by atoms with Gasteiger partial charge in [-0.15, -0.1) is 0 Å². The molecule has 1 aliphatic rings. The molecule has 0 fully saturated rings. The Kier molecular flexibility index (Phi) is 19.3. The van der Waals surface area contributed by atoms with Crippen LogP contribution in [-0.2, 0) is 25.7 Å². The van der Waals surface area contributed by atoms with Crippen LogP contribution < -0.4 is 42.5 Å². The number of hydrogen-bond acceptors (Lipinski definition) is 4. The largest absolute Gasteiger partial charge is 0.362 e. The molecule has 0 aromatic heterocycles. The van der Waals surface area contributed by atoms with Crippen molar-refractivity contribution in [3.63, 3.8) is 0 Å². The van der Waals surface area contributed by atoms with Gasteiger partial charge in [-0.1, -0.05) is 77.6 Å². The Hall–Kier alpha value is -4.36. The van der Waals surface area contributed by atoms with Crippen LogP contribution in [0.3, 0.4) is 0 Å². The molecular formula is C48H64N8S4. The molecule has 5 rings (SSSR count). The highest BCUT2D eigenvalue weighted by atomic mass is 32.1. The molecule has 0 spiro atoms. The van der Waals surface area contributed by atoms with Crippen LogP contribution in [0.1, 0.15) is 124 Å². The predicted molar refractivity (Wildman–Crippen MR) is 274 cm³/mol. The highest BCUT2D eigenvalue weighted by Gasteiger charge is 2.14. The van der Waals surface area contributed by atoms with E-state index in [0.29, 0.717) is 20.4 Å². The van der Waals surface area contributed by atoms with E-state index in [0.717, 1.165) is 126 Å². The summed E-state index contributed by atoms with van der Waals surface area (Å²) in [4.78, 5) is 0. The van der Waals surface area contributed by atoms with Crippen LogP contribution in [0.15, 0.2) is 72.8 Å². The first-order valence-electron chi connectivity index (χ1n) is 21.8. The molecule has 8 bridgehead atoms. The van der Waals surface area contributed by atoms with E-state index in [1.807, 2.05) is 0 Å². The standard InChI is InChI=1S/C48H64N8S4/c1-5-9-13-49-45(57)53-41-25-33-17-34(26-41)22-36-19-38(30-43(28-36)55-47(59)51-15-11-7-3)24-40-20-39(31-44(32-40)56-48(60)52-16-12-8-4)23-37-18-35(21-33)27-42(29-37)54-46(58)50-14-10-6-2/h17-20,25-32H,5-16,21-24H2,1-4H3,(H2,49,53,57)(H2,50,54,58)(H2,51,55,59)(H2,52,56,60). The fourth-order valence-electron chi connectivity index (χ4n) is 7.31. The Morgan fingerprint density at radius 3 is 0.683 bits per heavy atom. The average Bonchev–Trinajstić information content (AvgIpc) is 3.17. The van der Waals surface area contributed by atoms with Crippen molar-refractivity contribution in [1.29, 1.82) is 0 Å². The van der Waals surface area contributed by atoms with Crippen molar-refractivity contribution >= 4 is 92.1 Å². The minimum atomic E-state index is 0.635. The van der Waals surface area contributed by atoms with Gasteiger partial charge in [0.25, 0.3) is 0 Å². The van der Waals surface area contributed by atoms with Crippen LogP contribution in [0.5, 0.6) is 0 Å². The number of fused-ring (bicyclic) bond motifs is 8. The van der Waals surface area contributed by atoms with Gasteiger partial charge in [0.15, 0.2) is 20.4 Å². The van der Waals surface area contributed by atoms with Crippen LogP contribution in [0, 0.1) is 0 Å². The minimum absolute atomic E-state index is 0.635. The molecule has 4 aromatic carbocycles. The van der Waals surface area contributed by atoms with Gasteiger partial charge in [-0.3, -0.25) is 0 Å². The summed E-state index contributed by atoms with van der Waals surface area (Å²) in [5.41, 5.74) is 13.4. The van der Waals surface area contributed by atoms with Crippen molar-refractivity contribution in [3.05, 3.63) is 117 Å². The van der Waals surface area contributed by atoms with E-state index in [-0.39, 0.29) is 0 Å². The van der Waals surface area contributed by atoms with Gasteiger partial charge in [0.2, 0.25) is 0 Å². The molecule has 1 aliphatic carbocycles. The number of hydrogen-bond donors (Lipinski definition) is 8. The zero-order valence-electron chi connectivity index (χ0n) is 35.9. The molecule has 0 aliphatic heterocycles. The summed E-state index contributed by atoms with van der Waals surface area (Å²) in [6.45, 7) is 12.1. The molecular weight excluding hydrogens is 817 g/mol. The molecule has 0 radical (unpaired) electrons. The number of rotatable bonds is 16. The second kappa shape index (κ2) is 24.8. The van der Waals surface area contributed by atoms with Gasteiger partial charge in [-0.25, -0.2) is 0 Å². The zero-order valence-corrected chi connectivity index (χ0v) is 39.1. The number of thiocarbonyl (C=S) groups is 4. The summed E-state index contributed by atoms with van der Waals surface area (Å²) in [7, 11) is 0. The second-order valence-electron chi connectivity index (χ2n) is 15.8. The Balaban J connectivity index is 1.60. The first-order chi connectivity index (χ1) is 29.1. The molecule has 8 nitrogen and oxygen atoms in total. The lowest BCUT2D eigenvalue weighted by Crippen LogP contribution is -2.29. The molecule has 0 amide bonds. The van der Waals surface area contributed by atoms with Crippen molar-refractivity contribution < 1.29 is 0 Å². The number of anilines is 4. The summed E-state index contributed by atoms with van der Waals surface area (Å²) in [6, 6.07) is 27.1. The van der Waals surface area contributed by atoms with Gasteiger partial charge >= 0.3 is 0 Å². The Morgan fingerprint density at radius 1 is 0.333 bits per heavy atom. The topological polar surface area (TPSA) is 96.2 Å². The molecule has 0 saturated carbocycles. The summed E-state index contributed by atoms with van der Waals surface area (Å²) in [5, 5.41) is 30.1. The molecule has 0 unspecified atom stereocenters. The maximum absolute atomic E-state index is 5.76. The van der Waals surface area contributed by atoms with Crippen LogP contribution in [0.2, 0.25) is 0 Å². The fraction of sp³-hybridized carbons (Fsp3) is 0.417. The van der Waals surface area contributed by atoms with Crippen LogP contribution in [0.25, 0.3) is 0 Å². The van der Waals surface area contributed by atoms with E-state index in [4.69, 9.17) is 48.9 Å². The molecule has 4 aromatic rings. The maximum atomic E-state index is 5.76. The highest BCUT2D eigenvalue weighted by Crippen LogP contribution is 2.28. The van der Waals surface area contributed by atoms with Gasteiger partial charge in [0, 0.05) is 48.9 Å². The third-order valence-corrected chi connectivity index (χ3v) is 11.1. The van der Waals surface area contributed by atoms with Crippen molar-refractivity contribution in [2.24, 2.45) is 0 Å². The number of nitrogens with one attached hydrogen (secondary N) is 8. The van der Waals surface area contributed by atoms with E-state index < -0.39 is 0 Å². The van der Waals surface area contributed by atoms with Crippen molar-refractivity contribution in [3.8, 4) is 0 Å². The lowest BCUT2D eigenvalue weighted by molar-refractivity contribution is 0.758. The van der Waals surface area contributed by atoms with E-state index in [1.54, 1.807) is 0 Å². The number of benzene rings is 4. The van der Waals surface area contributed by atoms with Crippen molar-refractivity contribution in [2.75, 3.05) is 47.4 Å². The third kappa shape index (κ3) is 16.2. The smallest absolute Gasteiger partial charge is 0.170 e. The Morgan fingerprint density at radius 2 is 0.517 bits per heavy atom. The van der Waals surface area contributed by atoms with Gasteiger partial charge < -0.3 is 42.5 Å². The molecule has 0 saturated heterocycles. The normalized spacial score (nSPS) is 11.8. The van der Waals surface area contributed by atoms with Crippen LogP contribution in [-0.4, -0.2) is 46.6 Å². The predicted octanol–water partition coefficient (Wildman–Crippen LogP) is 10.7. The Labute approximate surface area is 380 Å². The molecule has 320 valence electrons. The number of unbranched alkanes of at least 4 members (excludes halogenated alkanes) is 4. The SMILES string of the molecule is CCCCNC(=S)Nc1cc2cc(c1)Cc1cc(cc(NC(=S)NCCCC)c1)Cc1cc(cc(NC(=S)NCCCC)c1)Cc1cc(cc(NC(=S)NCCCC)c1)C2. The van der Waals surface area contributed by atoms with Gasteiger partial charge in [-0.05, 0) is 193 Å². The molecule has 0 heterocycles. The lowest BCUT2D eigenvalue weighted by atomic mass is 9.92. The quantitative estimate of drug-likeness (QED) is 0.0358. The first-order valence-corrected chi connectivity index (χ1v) is 23.4. The average molecular weight is 881 g/mol. The molecule has 0 atom stereocenters. The molecule has 8 N–H and O–H groups in total. The monoisotopic (exact) mass is 880 g/mol. The van der Waals surface area contributed by atoms with Crippen molar-refractivity contribution in [2.45, 2.75) is 105 Å². The summed E-state index contributed by atoms with van der Waals surface area (Å²) in [6.07, 6.45) is 11.6. The molecule has 60 heavy (non-hydrogen) atoms. The fourth-order valence-corrected chi connectivity index (χ4v) is 8.19. The summed E-state index contributed by atoms with van der Waals surface area (Å²) in [5.74, 6) is 0. The second-order valence-corrected chi connectivity index (χ2v) is 17.4. The van der Waals surface area contributed by atoms with Gasteiger partial charge in [0.1, 0.15) is 0 Å². The summed E-state index contributed by atoms with van der Waals surface area (Å²) >= 11 is 23.0. The minimum Gasteiger partial charge on any atom is -0.362 e. The summed E-state index contributed by atoms with van der Waals surface area (Å²) < 4.78 is 0. The first kappa shape index (κ1) is 46.7. The maximum Gasteiger partial charge on any atom is 0.170 e. The van der Waals surface area contributed by atoms with Crippen LogP contribution in [0.4, 0.5) is 22.7 Å². The van der Waals surface area contributed by atoms with Crippen LogP contribution >= 0.6 is 48.9 Å². The Bertz CT molecular complexity index is 1710. The van der Waals surface area contributed by atoms with Gasteiger partial charge in [0.05, 0.1) is 0 Å². The molecule has 12 heteroatoms. The van der Waals surface area contributed by atoms with E-state index >= 15 is 0 Å². The van der Waals surface area contributed by atoms with E-state index in [9.17, 15) is 0 Å². The zero-order chi connectivity index (χ0) is 42.7. The van der Waals surface area contributed by atoms with Crippen molar-refractivity contribution in [1.82, 2.24) is 21.3 Å². The van der Waals surface area contributed by atoms with Gasteiger partial charge in [-0.2, -0.15) is 0 Å². The van der Waals surface area contributed by atoms with E-state index in [1.165, 1.54) is 44.5 Å². The third-order valence-electron chi connectivity index (χ3n) is 10.1.